The average molecular weight is 302 g/mol. The van der Waals surface area contributed by atoms with Crippen LogP contribution in [0.5, 0.6) is 0 Å². The molecule has 3 N–H and O–H groups in total. The molecule has 0 unspecified atom stereocenters. The smallest absolute Gasteiger partial charge is 0.272 e. The Morgan fingerprint density at radius 1 is 1.41 bits per heavy atom. The zero-order valence-electron chi connectivity index (χ0n) is 12.3. The average Bonchev–Trinajstić information content (AvgIpc) is 3.09. The Kier molecular flexibility index (Phi) is 3.95. The Balaban J connectivity index is 1.70. The van der Waals surface area contributed by atoms with Crippen LogP contribution < -0.4 is 10.6 Å². The van der Waals surface area contributed by atoms with E-state index in [-0.39, 0.29) is 17.5 Å². The summed E-state index contributed by atoms with van der Waals surface area (Å²) < 4.78 is 5.48. The lowest BCUT2D eigenvalue weighted by Crippen LogP contribution is -2.45. The second-order valence-electron chi connectivity index (χ2n) is 5.39. The SMILES string of the molecule is Cc1ccc(-c2cc(C(=O)N[C@@H]3CCCCNC3=O)n[nH]2)o1. The first kappa shape index (κ1) is 14.4. The van der Waals surface area contributed by atoms with Crippen molar-refractivity contribution in [2.45, 2.75) is 32.2 Å². The molecular formula is C15H18N4O3. The van der Waals surface area contributed by atoms with Gasteiger partial charge in [0.2, 0.25) is 5.91 Å². The van der Waals surface area contributed by atoms with Crippen LogP contribution in [-0.2, 0) is 4.79 Å². The van der Waals surface area contributed by atoms with Crippen molar-refractivity contribution in [3.63, 3.8) is 0 Å². The fourth-order valence-electron chi connectivity index (χ4n) is 2.45. The molecule has 3 heterocycles. The molecule has 2 aromatic heterocycles. The van der Waals surface area contributed by atoms with Crippen molar-refractivity contribution in [3.05, 3.63) is 29.7 Å². The number of nitrogens with one attached hydrogen (secondary N) is 3. The van der Waals surface area contributed by atoms with Gasteiger partial charge >= 0.3 is 0 Å². The molecular weight excluding hydrogens is 284 g/mol. The van der Waals surface area contributed by atoms with Gasteiger partial charge in [0.1, 0.15) is 17.5 Å². The molecule has 1 atom stereocenters. The van der Waals surface area contributed by atoms with E-state index < -0.39 is 6.04 Å². The molecule has 7 heteroatoms. The van der Waals surface area contributed by atoms with Crippen molar-refractivity contribution in [1.29, 1.82) is 0 Å². The van der Waals surface area contributed by atoms with E-state index in [1.165, 1.54) is 0 Å². The Labute approximate surface area is 127 Å². The van der Waals surface area contributed by atoms with E-state index >= 15 is 0 Å². The van der Waals surface area contributed by atoms with Crippen LogP contribution in [0, 0.1) is 6.92 Å². The monoisotopic (exact) mass is 302 g/mol. The molecule has 1 saturated heterocycles. The molecule has 0 spiro atoms. The van der Waals surface area contributed by atoms with E-state index in [9.17, 15) is 9.59 Å². The summed E-state index contributed by atoms with van der Waals surface area (Å²) >= 11 is 0. The minimum atomic E-state index is -0.499. The third-order valence-corrected chi connectivity index (χ3v) is 3.66. The maximum absolute atomic E-state index is 12.2. The first-order chi connectivity index (χ1) is 10.6. The number of aromatic nitrogens is 2. The van der Waals surface area contributed by atoms with Gasteiger partial charge in [0.05, 0.1) is 0 Å². The molecule has 1 fully saturated rings. The topological polar surface area (TPSA) is 100 Å². The van der Waals surface area contributed by atoms with Gasteiger partial charge in [-0.15, -0.1) is 0 Å². The van der Waals surface area contributed by atoms with Gasteiger partial charge in [-0.25, -0.2) is 0 Å². The van der Waals surface area contributed by atoms with Gasteiger partial charge in [-0.05, 0) is 38.3 Å². The number of amides is 2. The molecule has 3 rings (SSSR count). The second kappa shape index (κ2) is 6.05. The number of carbonyl (C=O) groups is 2. The Morgan fingerprint density at radius 2 is 2.27 bits per heavy atom. The van der Waals surface area contributed by atoms with Crippen LogP contribution >= 0.6 is 0 Å². The third-order valence-electron chi connectivity index (χ3n) is 3.66. The summed E-state index contributed by atoms with van der Waals surface area (Å²) in [6.45, 7) is 2.51. The zero-order chi connectivity index (χ0) is 15.5. The van der Waals surface area contributed by atoms with Gasteiger partial charge in [-0.2, -0.15) is 5.10 Å². The summed E-state index contributed by atoms with van der Waals surface area (Å²) in [7, 11) is 0. The number of aryl methyl sites for hydroxylation is 1. The molecule has 7 nitrogen and oxygen atoms in total. The van der Waals surface area contributed by atoms with E-state index in [1.54, 1.807) is 6.07 Å². The van der Waals surface area contributed by atoms with E-state index in [1.807, 2.05) is 19.1 Å². The lowest BCUT2D eigenvalue weighted by molar-refractivity contribution is -0.122. The Hall–Kier alpha value is -2.57. The number of H-pyrrole nitrogens is 1. The quantitative estimate of drug-likeness (QED) is 0.797. The van der Waals surface area contributed by atoms with E-state index in [2.05, 4.69) is 20.8 Å². The zero-order valence-corrected chi connectivity index (χ0v) is 12.3. The number of rotatable bonds is 3. The summed E-state index contributed by atoms with van der Waals surface area (Å²) in [4.78, 5) is 24.1. The molecule has 0 aromatic carbocycles. The summed E-state index contributed by atoms with van der Waals surface area (Å²) in [5.41, 5.74) is 0.865. The molecule has 1 aliphatic rings. The number of hydrogen-bond acceptors (Lipinski definition) is 4. The standard InChI is InChI=1S/C15H18N4O3/c1-9-5-6-13(22-9)11-8-12(19-18-11)15(21)17-10-4-2-3-7-16-14(10)20/h5-6,8,10H,2-4,7H2,1H3,(H,16,20)(H,17,21)(H,18,19)/t10-/m1/s1. The van der Waals surface area contributed by atoms with Crippen LogP contribution in [0.2, 0.25) is 0 Å². The lowest BCUT2D eigenvalue weighted by atomic mass is 10.1. The first-order valence-corrected chi connectivity index (χ1v) is 7.34. The lowest BCUT2D eigenvalue weighted by Gasteiger charge is -2.13. The minimum Gasteiger partial charge on any atom is -0.460 e. The molecule has 0 radical (unpaired) electrons. The van der Waals surface area contributed by atoms with Crippen LogP contribution in [0.25, 0.3) is 11.5 Å². The van der Waals surface area contributed by atoms with Crippen molar-refractivity contribution in [2.75, 3.05) is 6.54 Å². The third kappa shape index (κ3) is 3.03. The highest BCUT2D eigenvalue weighted by atomic mass is 16.3. The van der Waals surface area contributed by atoms with Crippen molar-refractivity contribution < 1.29 is 14.0 Å². The number of carbonyl (C=O) groups excluding carboxylic acids is 2. The van der Waals surface area contributed by atoms with E-state index in [4.69, 9.17) is 4.42 Å². The van der Waals surface area contributed by atoms with Crippen LogP contribution in [-0.4, -0.2) is 34.6 Å². The minimum absolute atomic E-state index is 0.136. The maximum atomic E-state index is 12.2. The van der Waals surface area contributed by atoms with Gasteiger partial charge in [0, 0.05) is 12.6 Å². The van der Waals surface area contributed by atoms with Crippen LogP contribution in [0.1, 0.15) is 35.5 Å². The van der Waals surface area contributed by atoms with Crippen LogP contribution in [0.15, 0.2) is 22.6 Å². The van der Waals surface area contributed by atoms with Gasteiger partial charge in [-0.3, -0.25) is 14.7 Å². The summed E-state index contributed by atoms with van der Waals surface area (Å²) in [6, 6.07) is 4.76. The number of furan rings is 1. The molecule has 1 aliphatic heterocycles. The molecule has 0 saturated carbocycles. The normalized spacial score (nSPS) is 18.6. The van der Waals surface area contributed by atoms with Gasteiger partial charge in [0.15, 0.2) is 11.5 Å². The fraction of sp³-hybridized carbons (Fsp3) is 0.400. The highest BCUT2D eigenvalue weighted by Crippen LogP contribution is 2.20. The van der Waals surface area contributed by atoms with Crippen LogP contribution in [0.4, 0.5) is 0 Å². The Morgan fingerprint density at radius 3 is 3.05 bits per heavy atom. The first-order valence-electron chi connectivity index (χ1n) is 7.34. The van der Waals surface area contributed by atoms with Gasteiger partial charge < -0.3 is 15.1 Å². The number of aromatic amines is 1. The highest BCUT2D eigenvalue weighted by molar-refractivity contribution is 5.96. The van der Waals surface area contributed by atoms with Gasteiger partial charge in [0.25, 0.3) is 5.91 Å². The summed E-state index contributed by atoms with van der Waals surface area (Å²) in [5, 5.41) is 12.3. The van der Waals surface area contributed by atoms with Crippen molar-refractivity contribution in [2.24, 2.45) is 0 Å². The molecule has 2 aromatic rings. The fourth-order valence-corrected chi connectivity index (χ4v) is 2.45. The van der Waals surface area contributed by atoms with Gasteiger partial charge in [-0.1, -0.05) is 0 Å². The molecule has 2 amide bonds. The molecule has 116 valence electrons. The summed E-state index contributed by atoms with van der Waals surface area (Å²) in [6.07, 6.45) is 2.48. The predicted molar refractivity (Wildman–Crippen MR) is 79.1 cm³/mol. The van der Waals surface area contributed by atoms with Crippen molar-refractivity contribution >= 4 is 11.8 Å². The number of nitrogens with zero attached hydrogens (tertiary/aromatic N) is 1. The number of hydrogen-bond donors (Lipinski definition) is 3. The summed E-state index contributed by atoms with van der Waals surface area (Å²) in [5.74, 6) is 0.901. The van der Waals surface area contributed by atoms with E-state index in [0.717, 1.165) is 18.6 Å². The second-order valence-corrected chi connectivity index (χ2v) is 5.39. The highest BCUT2D eigenvalue weighted by Gasteiger charge is 2.24. The van der Waals surface area contributed by atoms with Crippen LogP contribution in [0.3, 0.4) is 0 Å². The van der Waals surface area contributed by atoms with Crippen molar-refractivity contribution in [1.82, 2.24) is 20.8 Å². The molecule has 0 aliphatic carbocycles. The predicted octanol–water partition coefficient (Wildman–Crippen LogP) is 1.38. The molecule has 22 heavy (non-hydrogen) atoms. The largest absolute Gasteiger partial charge is 0.460 e. The molecule has 0 bridgehead atoms. The maximum Gasteiger partial charge on any atom is 0.272 e. The van der Waals surface area contributed by atoms with Crippen molar-refractivity contribution in [3.8, 4) is 11.5 Å². The van der Waals surface area contributed by atoms with E-state index in [0.29, 0.717) is 24.4 Å². The Bertz CT molecular complexity index is 689.